The van der Waals surface area contributed by atoms with E-state index in [1.165, 1.54) is 25.7 Å². The van der Waals surface area contributed by atoms with E-state index in [4.69, 9.17) is 0 Å². The molecule has 1 amide bonds. The van der Waals surface area contributed by atoms with Gasteiger partial charge in [0.25, 0.3) is 0 Å². The molecule has 0 bridgehead atoms. The Morgan fingerprint density at radius 1 is 1.10 bits per heavy atom. The van der Waals surface area contributed by atoms with E-state index in [1.807, 2.05) is 7.05 Å². The average Bonchev–Trinajstić information content (AvgIpc) is 2.48. The van der Waals surface area contributed by atoms with E-state index in [1.54, 1.807) is 0 Å². The molecule has 1 saturated carbocycles. The Hall–Kier alpha value is -0.610. The topological polar surface area (TPSA) is 35.6 Å². The average molecular weight is 281 g/mol. The predicted octanol–water partition coefficient (Wildman–Crippen LogP) is 1.71. The molecule has 1 heterocycles. The van der Waals surface area contributed by atoms with E-state index in [2.05, 4.69) is 22.0 Å². The maximum absolute atomic E-state index is 12.1. The van der Waals surface area contributed by atoms with Gasteiger partial charge in [0, 0.05) is 38.6 Å². The molecule has 2 aliphatic rings. The first-order valence-electron chi connectivity index (χ1n) is 8.37. The van der Waals surface area contributed by atoms with Crippen LogP contribution in [-0.4, -0.2) is 61.5 Å². The summed E-state index contributed by atoms with van der Waals surface area (Å²) in [4.78, 5) is 16.8. The molecule has 4 nitrogen and oxygen atoms in total. The van der Waals surface area contributed by atoms with Gasteiger partial charge in [0.05, 0.1) is 0 Å². The number of carbonyl (C=O) groups excluding carboxylic acids is 1. The molecule has 20 heavy (non-hydrogen) atoms. The summed E-state index contributed by atoms with van der Waals surface area (Å²) in [6, 6.07) is 0.785. The lowest BCUT2D eigenvalue weighted by Gasteiger charge is -2.41. The molecule has 2 fully saturated rings. The molecule has 4 heteroatoms. The third kappa shape index (κ3) is 4.45. The molecular weight excluding hydrogens is 250 g/mol. The van der Waals surface area contributed by atoms with Gasteiger partial charge in [-0.15, -0.1) is 0 Å². The molecule has 1 aliphatic carbocycles. The standard InChI is InChI=1S/C16H31N3O/c1-14-5-7-15(8-6-14)18-10-12-19(13-11-18)16(20)4-3-9-17-2/h14-15,17H,3-13H2,1-2H3. The summed E-state index contributed by atoms with van der Waals surface area (Å²) in [7, 11) is 1.94. The van der Waals surface area contributed by atoms with Gasteiger partial charge in [-0.25, -0.2) is 0 Å². The molecule has 0 aromatic carbocycles. The summed E-state index contributed by atoms with van der Waals surface area (Å²) in [6.45, 7) is 7.34. The van der Waals surface area contributed by atoms with Gasteiger partial charge in [-0.3, -0.25) is 9.69 Å². The van der Waals surface area contributed by atoms with Crippen LogP contribution in [0.3, 0.4) is 0 Å². The molecule has 1 N–H and O–H groups in total. The fraction of sp³-hybridized carbons (Fsp3) is 0.938. The molecular formula is C16H31N3O. The number of nitrogens with zero attached hydrogens (tertiary/aromatic N) is 2. The van der Waals surface area contributed by atoms with Crippen molar-refractivity contribution in [3.05, 3.63) is 0 Å². The molecule has 0 aromatic heterocycles. The van der Waals surface area contributed by atoms with Crippen LogP contribution in [0.5, 0.6) is 0 Å². The number of hydrogen-bond donors (Lipinski definition) is 1. The maximum Gasteiger partial charge on any atom is 0.222 e. The Labute approximate surface area is 123 Å². The fourth-order valence-electron chi connectivity index (χ4n) is 3.52. The van der Waals surface area contributed by atoms with Crippen molar-refractivity contribution in [2.45, 2.75) is 51.5 Å². The molecule has 2 rings (SSSR count). The summed E-state index contributed by atoms with van der Waals surface area (Å²) >= 11 is 0. The first kappa shape index (κ1) is 15.8. The number of rotatable bonds is 5. The zero-order valence-electron chi connectivity index (χ0n) is 13.2. The number of piperazine rings is 1. The minimum atomic E-state index is 0.345. The molecule has 0 aromatic rings. The Morgan fingerprint density at radius 2 is 1.75 bits per heavy atom. The molecule has 0 unspecified atom stereocenters. The lowest BCUT2D eigenvalue weighted by molar-refractivity contribution is -0.133. The second-order valence-corrected chi connectivity index (χ2v) is 6.54. The second kappa shape index (κ2) is 7.99. The Bertz CT molecular complexity index is 292. The summed E-state index contributed by atoms with van der Waals surface area (Å²) in [6.07, 6.45) is 7.13. The van der Waals surface area contributed by atoms with Crippen molar-refractivity contribution in [3.8, 4) is 0 Å². The van der Waals surface area contributed by atoms with Gasteiger partial charge in [0.15, 0.2) is 0 Å². The fourth-order valence-corrected chi connectivity index (χ4v) is 3.52. The third-order valence-electron chi connectivity index (χ3n) is 4.99. The largest absolute Gasteiger partial charge is 0.340 e. The van der Waals surface area contributed by atoms with Crippen molar-refractivity contribution < 1.29 is 4.79 Å². The molecule has 1 saturated heterocycles. The summed E-state index contributed by atoms with van der Waals surface area (Å²) in [5.41, 5.74) is 0. The van der Waals surface area contributed by atoms with Gasteiger partial charge in [0.2, 0.25) is 5.91 Å². The van der Waals surface area contributed by atoms with Gasteiger partial charge in [-0.2, -0.15) is 0 Å². The first-order valence-corrected chi connectivity index (χ1v) is 8.37. The van der Waals surface area contributed by atoms with Crippen LogP contribution in [0.2, 0.25) is 0 Å². The molecule has 116 valence electrons. The van der Waals surface area contributed by atoms with Gasteiger partial charge in [0.1, 0.15) is 0 Å². The van der Waals surface area contributed by atoms with Crippen LogP contribution >= 0.6 is 0 Å². The highest BCUT2D eigenvalue weighted by molar-refractivity contribution is 5.76. The zero-order valence-corrected chi connectivity index (χ0v) is 13.2. The van der Waals surface area contributed by atoms with Gasteiger partial charge < -0.3 is 10.2 Å². The normalized spacial score (nSPS) is 28.6. The number of carbonyl (C=O) groups is 1. The van der Waals surface area contributed by atoms with Crippen molar-refractivity contribution in [1.29, 1.82) is 0 Å². The quantitative estimate of drug-likeness (QED) is 0.779. The summed E-state index contributed by atoms with van der Waals surface area (Å²) in [5, 5.41) is 3.10. The second-order valence-electron chi connectivity index (χ2n) is 6.54. The lowest BCUT2D eigenvalue weighted by atomic mass is 9.86. The number of hydrogen-bond acceptors (Lipinski definition) is 3. The monoisotopic (exact) mass is 281 g/mol. The lowest BCUT2D eigenvalue weighted by Crippen LogP contribution is -2.52. The summed E-state index contributed by atoms with van der Waals surface area (Å²) < 4.78 is 0. The highest BCUT2D eigenvalue weighted by Crippen LogP contribution is 2.27. The highest BCUT2D eigenvalue weighted by atomic mass is 16.2. The van der Waals surface area contributed by atoms with Crippen molar-refractivity contribution >= 4 is 5.91 Å². The van der Waals surface area contributed by atoms with Crippen LogP contribution in [0.25, 0.3) is 0 Å². The van der Waals surface area contributed by atoms with E-state index in [0.717, 1.165) is 51.1 Å². The third-order valence-corrected chi connectivity index (χ3v) is 4.99. The minimum Gasteiger partial charge on any atom is -0.340 e. The van der Waals surface area contributed by atoms with E-state index in [0.29, 0.717) is 12.3 Å². The first-order chi connectivity index (χ1) is 9.70. The van der Waals surface area contributed by atoms with E-state index in [9.17, 15) is 4.79 Å². The van der Waals surface area contributed by atoms with Crippen molar-refractivity contribution in [1.82, 2.24) is 15.1 Å². The van der Waals surface area contributed by atoms with E-state index >= 15 is 0 Å². The minimum absolute atomic E-state index is 0.345. The Morgan fingerprint density at radius 3 is 2.35 bits per heavy atom. The van der Waals surface area contributed by atoms with Crippen LogP contribution in [-0.2, 0) is 4.79 Å². The summed E-state index contributed by atoms with van der Waals surface area (Å²) in [5.74, 6) is 1.26. The molecule has 0 spiro atoms. The van der Waals surface area contributed by atoms with E-state index in [-0.39, 0.29) is 0 Å². The van der Waals surface area contributed by atoms with Crippen LogP contribution in [0.15, 0.2) is 0 Å². The highest BCUT2D eigenvalue weighted by Gasteiger charge is 2.28. The van der Waals surface area contributed by atoms with Crippen LogP contribution < -0.4 is 5.32 Å². The van der Waals surface area contributed by atoms with Crippen LogP contribution in [0.1, 0.15) is 45.4 Å². The zero-order chi connectivity index (χ0) is 14.4. The van der Waals surface area contributed by atoms with Gasteiger partial charge in [-0.1, -0.05) is 6.92 Å². The molecule has 1 aliphatic heterocycles. The number of amides is 1. The van der Waals surface area contributed by atoms with Crippen LogP contribution in [0.4, 0.5) is 0 Å². The predicted molar refractivity (Wildman–Crippen MR) is 82.7 cm³/mol. The smallest absolute Gasteiger partial charge is 0.222 e. The molecule has 0 atom stereocenters. The Balaban J connectivity index is 1.68. The van der Waals surface area contributed by atoms with E-state index < -0.39 is 0 Å². The van der Waals surface area contributed by atoms with Crippen molar-refractivity contribution in [3.63, 3.8) is 0 Å². The number of nitrogens with one attached hydrogen (secondary N) is 1. The van der Waals surface area contributed by atoms with Crippen molar-refractivity contribution in [2.24, 2.45) is 5.92 Å². The molecule has 0 radical (unpaired) electrons. The SMILES string of the molecule is CNCCCC(=O)N1CCN(C2CCC(C)CC2)CC1. The Kier molecular flexibility index (Phi) is 6.30. The van der Waals surface area contributed by atoms with Gasteiger partial charge in [-0.05, 0) is 51.6 Å². The van der Waals surface area contributed by atoms with Crippen molar-refractivity contribution in [2.75, 3.05) is 39.8 Å². The van der Waals surface area contributed by atoms with Gasteiger partial charge >= 0.3 is 0 Å². The maximum atomic E-state index is 12.1. The van der Waals surface area contributed by atoms with Crippen LogP contribution in [0, 0.1) is 5.92 Å².